The van der Waals surface area contributed by atoms with Crippen molar-refractivity contribution in [1.82, 2.24) is 4.90 Å². The first kappa shape index (κ1) is 18.7. The maximum absolute atomic E-state index is 12.5. The molecule has 2 amide bonds. The molecule has 0 saturated carbocycles. The van der Waals surface area contributed by atoms with E-state index in [-0.39, 0.29) is 17.7 Å². The highest BCUT2D eigenvalue weighted by molar-refractivity contribution is 5.96. The van der Waals surface area contributed by atoms with Gasteiger partial charge >= 0.3 is 5.97 Å². The number of hydrogen-bond acceptors (Lipinski definition) is 5. The molecule has 1 aliphatic rings. The number of rotatable bonds is 5. The van der Waals surface area contributed by atoms with Crippen molar-refractivity contribution < 1.29 is 23.5 Å². The minimum absolute atomic E-state index is 0.0789. The second-order valence-electron chi connectivity index (χ2n) is 6.37. The molecule has 1 aromatic carbocycles. The third-order valence-electron chi connectivity index (χ3n) is 4.56. The number of anilines is 1. The summed E-state index contributed by atoms with van der Waals surface area (Å²) in [5.41, 5.74) is 1.48. The van der Waals surface area contributed by atoms with Gasteiger partial charge in [-0.1, -0.05) is 6.07 Å². The van der Waals surface area contributed by atoms with E-state index in [1.807, 2.05) is 0 Å². The molecular formula is C20H22N2O5. The number of piperidine rings is 1. The number of likely N-dealkylation sites (tertiary alicyclic amines) is 1. The van der Waals surface area contributed by atoms with Crippen LogP contribution in [-0.4, -0.2) is 42.4 Å². The van der Waals surface area contributed by atoms with E-state index in [9.17, 15) is 14.4 Å². The maximum Gasteiger partial charge on any atom is 0.338 e. The van der Waals surface area contributed by atoms with Gasteiger partial charge in [0.05, 0.1) is 24.0 Å². The fourth-order valence-corrected chi connectivity index (χ4v) is 3.10. The van der Waals surface area contributed by atoms with Gasteiger partial charge in [0.15, 0.2) is 0 Å². The minimum Gasteiger partial charge on any atom is -0.472 e. The van der Waals surface area contributed by atoms with E-state index in [2.05, 4.69) is 5.32 Å². The number of nitrogens with one attached hydrogen (secondary N) is 1. The van der Waals surface area contributed by atoms with Gasteiger partial charge in [-0.2, -0.15) is 0 Å². The molecule has 0 bridgehead atoms. The molecule has 1 N–H and O–H groups in total. The standard InChI is InChI=1S/C20H22N2O5/c1-2-27-20(25)15-4-3-5-17(12-15)21-18(23)14-6-9-22(10-7-14)19(24)16-8-11-26-13-16/h3-5,8,11-14H,2,6-7,9-10H2,1H3,(H,21,23). The lowest BCUT2D eigenvalue weighted by molar-refractivity contribution is -0.121. The zero-order chi connectivity index (χ0) is 19.2. The Morgan fingerprint density at radius 1 is 1.19 bits per heavy atom. The van der Waals surface area contributed by atoms with Crippen molar-refractivity contribution in [2.24, 2.45) is 5.92 Å². The van der Waals surface area contributed by atoms with Crippen molar-refractivity contribution >= 4 is 23.5 Å². The molecule has 142 valence electrons. The van der Waals surface area contributed by atoms with Crippen LogP contribution in [0, 0.1) is 5.92 Å². The fraction of sp³-hybridized carbons (Fsp3) is 0.350. The van der Waals surface area contributed by atoms with Crippen molar-refractivity contribution in [3.63, 3.8) is 0 Å². The number of amides is 2. The fourth-order valence-electron chi connectivity index (χ4n) is 3.10. The van der Waals surface area contributed by atoms with Crippen LogP contribution in [0.15, 0.2) is 47.3 Å². The van der Waals surface area contributed by atoms with Gasteiger partial charge in [0, 0.05) is 24.7 Å². The molecule has 0 radical (unpaired) electrons. The Morgan fingerprint density at radius 2 is 1.96 bits per heavy atom. The van der Waals surface area contributed by atoms with Crippen molar-refractivity contribution in [1.29, 1.82) is 0 Å². The third kappa shape index (κ3) is 4.55. The van der Waals surface area contributed by atoms with Crippen LogP contribution in [-0.2, 0) is 9.53 Å². The van der Waals surface area contributed by atoms with Crippen LogP contribution in [0.4, 0.5) is 5.69 Å². The summed E-state index contributed by atoms with van der Waals surface area (Å²) in [5, 5.41) is 2.86. The molecule has 0 spiro atoms. The van der Waals surface area contributed by atoms with Crippen LogP contribution in [0.1, 0.15) is 40.5 Å². The number of hydrogen-bond donors (Lipinski definition) is 1. The number of carbonyl (C=O) groups excluding carboxylic acids is 3. The van der Waals surface area contributed by atoms with Gasteiger partial charge in [0.2, 0.25) is 5.91 Å². The van der Waals surface area contributed by atoms with Crippen molar-refractivity contribution in [2.75, 3.05) is 25.0 Å². The lowest BCUT2D eigenvalue weighted by atomic mass is 9.95. The SMILES string of the molecule is CCOC(=O)c1cccc(NC(=O)C2CCN(C(=O)c3ccoc3)CC2)c1. The predicted octanol–water partition coefficient (Wildman–Crippen LogP) is 2.95. The maximum atomic E-state index is 12.5. The summed E-state index contributed by atoms with van der Waals surface area (Å²) in [6.45, 7) is 3.08. The summed E-state index contributed by atoms with van der Waals surface area (Å²) < 4.78 is 9.92. The van der Waals surface area contributed by atoms with E-state index in [0.717, 1.165) is 0 Å². The molecule has 1 aromatic heterocycles. The van der Waals surface area contributed by atoms with Crippen LogP contribution >= 0.6 is 0 Å². The lowest BCUT2D eigenvalue weighted by Crippen LogP contribution is -2.41. The van der Waals surface area contributed by atoms with Gasteiger partial charge in [-0.3, -0.25) is 9.59 Å². The summed E-state index contributed by atoms with van der Waals surface area (Å²) in [6.07, 6.45) is 4.08. The normalized spacial score (nSPS) is 14.6. The first-order valence-electron chi connectivity index (χ1n) is 8.98. The van der Waals surface area contributed by atoms with Gasteiger partial charge in [0.25, 0.3) is 5.91 Å². The van der Waals surface area contributed by atoms with Crippen molar-refractivity contribution in [2.45, 2.75) is 19.8 Å². The summed E-state index contributed by atoms with van der Waals surface area (Å²) in [4.78, 5) is 38.4. The van der Waals surface area contributed by atoms with Crippen LogP contribution in [0.25, 0.3) is 0 Å². The van der Waals surface area contributed by atoms with Gasteiger partial charge < -0.3 is 19.4 Å². The van der Waals surface area contributed by atoms with Crippen molar-refractivity contribution in [3.8, 4) is 0 Å². The van der Waals surface area contributed by atoms with Gasteiger partial charge in [0.1, 0.15) is 6.26 Å². The number of carbonyl (C=O) groups is 3. The number of furan rings is 1. The highest BCUT2D eigenvalue weighted by Crippen LogP contribution is 2.21. The molecule has 27 heavy (non-hydrogen) atoms. The second kappa shape index (κ2) is 8.53. The Morgan fingerprint density at radius 3 is 2.63 bits per heavy atom. The highest BCUT2D eigenvalue weighted by Gasteiger charge is 2.28. The molecule has 2 aromatic rings. The number of ether oxygens (including phenoxy) is 1. The smallest absolute Gasteiger partial charge is 0.338 e. The molecule has 0 unspecified atom stereocenters. The Balaban J connectivity index is 1.55. The molecule has 0 aliphatic carbocycles. The summed E-state index contributed by atoms with van der Waals surface area (Å²) >= 11 is 0. The van der Waals surface area contributed by atoms with Crippen LogP contribution in [0.3, 0.4) is 0 Å². The van der Waals surface area contributed by atoms with Gasteiger partial charge in [-0.05, 0) is 44.0 Å². The van der Waals surface area contributed by atoms with Crippen LogP contribution in [0.5, 0.6) is 0 Å². The first-order valence-corrected chi connectivity index (χ1v) is 8.98. The molecule has 1 fully saturated rings. The van der Waals surface area contributed by atoms with E-state index >= 15 is 0 Å². The second-order valence-corrected chi connectivity index (χ2v) is 6.37. The Labute approximate surface area is 157 Å². The third-order valence-corrected chi connectivity index (χ3v) is 4.56. The lowest BCUT2D eigenvalue weighted by Gasteiger charge is -2.31. The zero-order valence-electron chi connectivity index (χ0n) is 15.1. The number of nitrogens with zero attached hydrogens (tertiary/aromatic N) is 1. The molecule has 1 aliphatic heterocycles. The Bertz CT molecular complexity index is 808. The van der Waals surface area contributed by atoms with E-state index in [4.69, 9.17) is 9.15 Å². The molecular weight excluding hydrogens is 348 g/mol. The monoisotopic (exact) mass is 370 g/mol. The van der Waals surface area contributed by atoms with Crippen LogP contribution in [0.2, 0.25) is 0 Å². The summed E-state index contributed by atoms with van der Waals surface area (Å²) in [6, 6.07) is 8.32. The first-order chi connectivity index (χ1) is 13.1. The van der Waals surface area contributed by atoms with E-state index in [0.29, 0.717) is 49.4 Å². The number of benzene rings is 1. The van der Waals surface area contributed by atoms with E-state index in [1.54, 1.807) is 42.2 Å². The zero-order valence-corrected chi connectivity index (χ0v) is 15.1. The molecule has 7 nitrogen and oxygen atoms in total. The largest absolute Gasteiger partial charge is 0.472 e. The average Bonchev–Trinajstić information content (AvgIpc) is 3.23. The Kier molecular flexibility index (Phi) is 5.90. The minimum atomic E-state index is -0.417. The van der Waals surface area contributed by atoms with E-state index < -0.39 is 5.97 Å². The molecule has 7 heteroatoms. The summed E-state index contributed by atoms with van der Waals surface area (Å²) in [5.74, 6) is -0.777. The molecule has 3 rings (SSSR count). The predicted molar refractivity (Wildman–Crippen MR) is 98.4 cm³/mol. The molecule has 0 atom stereocenters. The topological polar surface area (TPSA) is 88.9 Å². The number of esters is 1. The van der Waals surface area contributed by atoms with Gasteiger partial charge in [-0.25, -0.2) is 4.79 Å². The Hall–Kier alpha value is -3.09. The van der Waals surface area contributed by atoms with E-state index in [1.165, 1.54) is 12.5 Å². The van der Waals surface area contributed by atoms with Gasteiger partial charge in [-0.15, -0.1) is 0 Å². The van der Waals surface area contributed by atoms with Crippen molar-refractivity contribution in [3.05, 3.63) is 54.0 Å². The molecule has 1 saturated heterocycles. The highest BCUT2D eigenvalue weighted by atomic mass is 16.5. The quantitative estimate of drug-likeness (QED) is 0.818. The molecule has 2 heterocycles. The average molecular weight is 370 g/mol. The van der Waals surface area contributed by atoms with Crippen LogP contribution < -0.4 is 5.32 Å². The summed E-state index contributed by atoms with van der Waals surface area (Å²) in [7, 11) is 0.